The standard InChI is InChI=1S/2C6H6.C5H6O.2C4H4O.C3H8/c2*1-2-4-6-5-3-1;1-3-5(6)4-2;2*1-3-4(2)5;1-3-2/h2*1-6H;1H,4H2,2H3;2*1H,2H3;3H2,1-2H3. The van der Waals surface area contributed by atoms with E-state index >= 15 is 0 Å². The molecule has 0 bridgehead atoms. The molecule has 3 heteroatoms. The Kier molecular flexibility index (Phi) is 37.6. The number of carbonyl (C=O) groups excluding carboxylic acids is 3. The van der Waals surface area contributed by atoms with Crippen LogP contribution in [0, 0.1) is 37.0 Å². The number of ketones is 3. The van der Waals surface area contributed by atoms with Crippen LogP contribution in [0.2, 0.25) is 0 Å². The molecule has 0 N–H and O–H groups in total. The van der Waals surface area contributed by atoms with E-state index in [1.807, 2.05) is 90.6 Å². The highest BCUT2D eigenvalue weighted by atomic mass is 16.1. The third-order valence-corrected chi connectivity index (χ3v) is 2.22. The van der Waals surface area contributed by atoms with Crippen LogP contribution in [0.25, 0.3) is 0 Å². The van der Waals surface area contributed by atoms with Crippen molar-refractivity contribution in [2.75, 3.05) is 0 Å². The molecule has 0 aliphatic rings. The molecular weight excluding hydrogens is 384 g/mol. The van der Waals surface area contributed by atoms with Crippen molar-refractivity contribution < 1.29 is 14.4 Å². The maximum absolute atomic E-state index is 9.94. The summed E-state index contributed by atoms with van der Waals surface area (Å²) in [5, 5.41) is 0. The van der Waals surface area contributed by atoms with Gasteiger partial charge in [0.15, 0.2) is 0 Å². The molecule has 164 valence electrons. The zero-order chi connectivity index (χ0) is 24.8. The van der Waals surface area contributed by atoms with Crippen molar-refractivity contribution >= 4 is 17.3 Å². The molecule has 0 fully saturated rings. The minimum atomic E-state index is -0.218. The third kappa shape index (κ3) is 58.5. The van der Waals surface area contributed by atoms with E-state index in [2.05, 4.69) is 33.1 Å². The first-order valence-corrected chi connectivity index (χ1v) is 9.70. The van der Waals surface area contributed by atoms with Crippen LogP contribution < -0.4 is 0 Å². The van der Waals surface area contributed by atoms with Gasteiger partial charge in [0, 0.05) is 20.3 Å². The maximum Gasteiger partial charge on any atom is 0.204 e. The summed E-state index contributed by atoms with van der Waals surface area (Å²) in [7, 11) is 0. The molecule has 0 atom stereocenters. The zero-order valence-corrected chi connectivity index (χ0v) is 19.3. The second-order valence-electron chi connectivity index (χ2n) is 5.34. The molecule has 0 aliphatic heterocycles. The van der Waals surface area contributed by atoms with Crippen molar-refractivity contribution in [3.63, 3.8) is 0 Å². The van der Waals surface area contributed by atoms with Crippen LogP contribution in [0.15, 0.2) is 72.8 Å². The van der Waals surface area contributed by atoms with Crippen molar-refractivity contribution in [1.29, 1.82) is 0 Å². The fourth-order valence-corrected chi connectivity index (χ4v) is 0.872. The van der Waals surface area contributed by atoms with Gasteiger partial charge in [-0.2, -0.15) is 0 Å². The molecular formula is C28H34O3. The molecule has 3 nitrogen and oxygen atoms in total. The number of benzene rings is 2. The number of Topliss-reactive ketones (excluding diaryl/α,β-unsaturated/α-hetero) is 3. The number of hydrogen-bond acceptors (Lipinski definition) is 3. The summed E-state index contributed by atoms with van der Waals surface area (Å²) in [4.78, 5) is 29.1. The Bertz CT molecular complexity index is 662. The van der Waals surface area contributed by atoms with E-state index in [0.29, 0.717) is 6.42 Å². The van der Waals surface area contributed by atoms with Gasteiger partial charge in [0.05, 0.1) is 0 Å². The number of hydrogen-bond donors (Lipinski definition) is 0. The van der Waals surface area contributed by atoms with Crippen molar-refractivity contribution in [3.05, 3.63) is 72.8 Å². The molecule has 0 saturated heterocycles. The number of terminal acetylenes is 3. The Balaban J connectivity index is -0.000000143. The average Bonchev–Trinajstić information content (AvgIpc) is 2.82. The fourth-order valence-electron chi connectivity index (χ4n) is 0.872. The molecule has 0 spiro atoms. The van der Waals surface area contributed by atoms with Crippen molar-refractivity contribution in [3.8, 4) is 37.0 Å². The summed E-state index contributed by atoms with van der Waals surface area (Å²) in [6, 6.07) is 24.0. The lowest BCUT2D eigenvalue weighted by molar-refractivity contribution is -0.113. The largest absolute Gasteiger partial charge is 0.285 e. The highest BCUT2D eigenvalue weighted by molar-refractivity contribution is 5.94. The van der Waals surface area contributed by atoms with Crippen LogP contribution in [-0.4, -0.2) is 17.3 Å². The number of carbonyl (C=O) groups is 3. The highest BCUT2D eigenvalue weighted by Gasteiger charge is 1.82. The van der Waals surface area contributed by atoms with Crippen molar-refractivity contribution in [2.45, 2.75) is 47.5 Å². The van der Waals surface area contributed by atoms with E-state index in [9.17, 15) is 14.4 Å². The van der Waals surface area contributed by atoms with E-state index in [0.717, 1.165) is 0 Å². The molecule has 2 aromatic carbocycles. The summed E-state index contributed by atoms with van der Waals surface area (Å²) < 4.78 is 0. The Hall–Kier alpha value is -3.87. The van der Waals surface area contributed by atoms with E-state index in [1.54, 1.807) is 6.92 Å². The van der Waals surface area contributed by atoms with Gasteiger partial charge in [0.2, 0.25) is 17.3 Å². The van der Waals surface area contributed by atoms with Crippen LogP contribution in [0.1, 0.15) is 47.5 Å². The van der Waals surface area contributed by atoms with Crippen LogP contribution in [0.3, 0.4) is 0 Å². The highest BCUT2D eigenvalue weighted by Crippen LogP contribution is 1.80. The Labute approximate surface area is 189 Å². The van der Waals surface area contributed by atoms with Crippen LogP contribution >= 0.6 is 0 Å². The number of rotatable bonds is 1. The van der Waals surface area contributed by atoms with Crippen LogP contribution in [0.4, 0.5) is 0 Å². The summed E-state index contributed by atoms with van der Waals surface area (Å²) in [6.07, 6.45) is 15.5. The van der Waals surface area contributed by atoms with Crippen molar-refractivity contribution in [1.82, 2.24) is 0 Å². The summed E-state index contributed by atoms with van der Waals surface area (Å²) in [5.41, 5.74) is 0. The maximum atomic E-state index is 9.94. The van der Waals surface area contributed by atoms with Crippen LogP contribution in [-0.2, 0) is 14.4 Å². The lowest BCUT2D eigenvalue weighted by Gasteiger charge is -1.71. The molecule has 0 radical (unpaired) electrons. The van der Waals surface area contributed by atoms with Gasteiger partial charge in [-0.3, -0.25) is 14.4 Å². The molecule has 0 saturated carbocycles. The van der Waals surface area contributed by atoms with Crippen molar-refractivity contribution in [2.24, 2.45) is 0 Å². The van der Waals surface area contributed by atoms with Gasteiger partial charge >= 0.3 is 0 Å². The smallest absolute Gasteiger partial charge is 0.204 e. The van der Waals surface area contributed by atoms with Gasteiger partial charge in [-0.15, -0.1) is 19.3 Å². The topological polar surface area (TPSA) is 51.2 Å². The van der Waals surface area contributed by atoms with Gasteiger partial charge in [-0.25, -0.2) is 0 Å². The minimum absolute atomic E-state index is 0.130. The molecule has 0 amide bonds. The Morgan fingerprint density at radius 3 is 0.742 bits per heavy atom. The van der Waals surface area contributed by atoms with Gasteiger partial charge in [0.25, 0.3) is 0 Å². The molecule has 0 aliphatic carbocycles. The van der Waals surface area contributed by atoms with Gasteiger partial charge in [0.1, 0.15) is 0 Å². The van der Waals surface area contributed by atoms with Gasteiger partial charge in [-0.05, 0) is 17.8 Å². The predicted octanol–water partition coefficient (Wildman–Crippen LogP) is 5.81. The average molecular weight is 419 g/mol. The third-order valence-electron chi connectivity index (χ3n) is 2.22. The molecule has 0 heterocycles. The zero-order valence-electron chi connectivity index (χ0n) is 19.3. The Morgan fingerprint density at radius 2 is 0.710 bits per heavy atom. The van der Waals surface area contributed by atoms with Crippen LogP contribution in [0.5, 0.6) is 0 Å². The molecule has 2 rings (SSSR count). The second-order valence-corrected chi connectivity index (χ2v) is 5.34. The Morgan fingerprint density at radius 1 is 0.548 bits per heavy atom. The minimum Gasteiger partial charge on any atom is -0.285 e. The van der Waals surface area contributed by atoms with E-state index in [4.69, 9.17) is 0 Å². The lowest BCUT2D eigenvalue weighted by Crippen LogP contribution is -1.84. The SMILES string of the molecule is C#CC(=O)CC.C#CC(C)=O.C#CC(C)=O.CCC.c1ccccc1.c1ccccc1. The first kappa shape index (κ1) is 34.6. The normalized spacial score (nSPS) is 6.77. The second kappa shape index (κ2) is 33.7. The molecule has 31 heavy (non-hydrogen) atoms. The molecule has 0 unspecified atom stereocenters. The summed E-state index contributed by atoms with van der Waals surface area (Å²) in [6.45, 7) is 8.68. The van der Waals surface area contributed by atoms with E-state index in [1.165, 1.54) is 20.3 Å². The van der Waals surface area contributed by atoms with Gasteiger partial charge in [-0.1, -0.05) is 100.0 Å². The summed E-state index contributed by atoms with van der Waals surface area (Å²) >= 11 is 0. The molecule has 2 aromatic rings. The van der Waals surface area contributed by atoms with Gasteiger partial charge < -0.3 is 0 Å². The summed E-state index contributed by atoms with van der Waals surface area (Å²) in [5.74, 6) is 5.19. The fraction of sp³-hybridized carbons (Fsp3) is 0.250. The lowest BCUT2D eigenvalue weighted by atomic mass is 10.3. The van der Waals surface area contributed by atoms with E-state index < -0.39 is 0 Å². The van der Waals surface area contributed by atoms with E-state index in [-0.39, 0.29) is 17.3 Å². The first-order chi connectivity index (χ1) is 14.8. The molecule has 0 aromatic heterocycles. The monoisotopic (exact) mass is 418 g/mol. The quantitative estimate of drug-likeness (QED) is 0.434. The predicted molar refractivity (Wildman–Crippen MR) is 132 cm³/mol. The first-order valence-electron chi connectivity index (χ1n) is 9.70.